The molecular weight excluding hydrogens is 432 g/mol. The van der Waals surface area contributed by atoms with Crippen LogP contribution in [0.4, 0.5) is 0 Å². The highest BCUT2D eigenvalue weighted by Gasteiger charge is 2.78. The van der Waals surface area contributed by atoms with E-state index >= 15 is 0 Å². The van der Waals surface area contributed by atoms with Crippen molar-refractivity contribution in [2.75, 3.05) is 0 Å². The number of hydrogen-bond acceptors (Lipinski definition) is 6. The Morgan fingerprint density at radius 3 is 2.56 bits per heavy atom. The molecule has 6 rings (SSSR count). The van der Waals surface area contributed by atoms with Crippen LogP contribution >= 0.6 is 0 Å². The highest BCUT2D eigenvalue weighted by Crippen LogP contribution is 2.72. The summed E-state index contributed by atoms with van der Waals surface area (Å²) >= 11 is 0. The van der Waals surface area contributed by atoms with Crippen LogP contribution in [0.5, 0.6) is 0 Å². The van der Waals surface area contributed by atoms with Crippen LogP contribution in [0.3, 0.4) is 0 Å². The first-order valence-electron chi connectivity index (χ1n) is 13.1. The third-order valence-corrected chi connectivity index (χ3v) is 11.6. The summed E-state index contributed by atoms with van der Waals surface area (Å²) in [6.45, 7) is 9.86. The Balaban J connectivity index is 1.33. The molecule has 0 aromatic rings. The van der Waals surface area contributed by atoms with Crippen molar-refractivity contribution >= 4 is 11.8 Å². The third-order valence-electron chi connectivity index (χ3n) is 11.6. The van der Waals surface area contributed by atoms with Crippen molar-refractivity contribution in [1.29, 1.82) is 0 Å². The first kappa shape index (κ1) is 22.9. The van der Waals surface area contributed by atoms with Gasteiger partial charge in [0.1, 0.15) is 23.4 Å². The van der Waals surface area contributed by atoms with Gasteiger partial charge in [-0.1, -0.05) is 18.6 Å². The Kier molecular flexibility index (Phi) is 4.61. The van der Waals surface area contributed by atoms with Gasteiger partial charge in [0.05, 0.1) is 11.5 Å². The highest BCUT2D eigenvalue weighted by molar-refractivity contribution is 5.97. The summed E-state index contributed by atoms with van der Waals surface area (Å²) in [7, 11) is 0. The maximum Gasteiger partial charge on any atom is 0.334 e. The summed E-state index contributed by atoms with van der Waals surface area (Å²) in [6, 6.07) is 0. The summed E-state index contributed by atoms with van der Waals surface area (Å²) in [4.78, 5) is 25.7. The van der Waals surface area contributed by atoms with Crippen molar-refractivity contribution in [3.05, 3.63) is 23.3 Å². The monoisotopic (exact) mass is 470 g/mol. The standard InChI is InChI=1S/C28H38O6/c1-14-13-20(33-24(30)15(14)2)27(5,31)18-9-8-16-21-17(10-12-25(16,18)3)26(4)19(29)7-6-11-28(26,32)23-22(21)34-23/h6-7,16-18,20-23,31-32H,8-13H2,1-5H3/t16-,17-,18-,20+,21-,22-,23-,25-,26-,27?,28-/m0/s1. The molecule has 0 amide bonds. The predicted octanol–water partition coefficient (Wildman–Crippen LogP) is 3.50. The van der Waals surface area contributed by atoms with E-state index in [2.05, 4.69) is 6.92 Å². The number of ketones is 1. The van der Waals surface area contributed by atoms with Crippen LogP contribution in [-0.2, 0) is 19.1 Å². The summed E-state index contributed by atoms with van der Waals surface area (Å²) in [5.74, 6) is 0.263. The number of rotatable bonds is 2. The van der Waals surface area contributed by atoms with Crippen LogP contribution in [0.2, 0.25) is 0 Å². The lowest BCUT2D eigenvalue weighted by atomic mass is 9.43. The largest absolute Gasteiger partial charge is 0.456 e. The van der Waals surface area contributed by atoms with Crippen molar-refractivity contribution in [3.8, 4) is 0 Å². The molecule has 0 radical (unpaired) electrons. The summed E-state index contributed by atoms with van der Waals surface area (Å²) in [5.41, 5.74) is -1.60. The second-order valence-electron chi connectivity index (χ2n) is 12.8. The van der Waals surface area contributed by atoms with Gasteiger partial charge in [-0.15, -0.1) is 0 Å². The van der Waals surface area contributed by atoms with Gasteiger partial charge < -0.3 is 19.7 Å². The fourth-order valence-electron chi connectivity index (χ4n) is 9.36. The van der Waals surface area contributed by atoms with Gasteiger partial charge in [-0.25, -0.2) is 4.79 Å². The van der Waals surface area contributed by atoms with Gasteiger partial charge >= 0.3 is 5.97 Å². The molecule has 3 saturated carbocycles. The molecule has 2 N–H and O–H groups in total. The van der Waals surface area contributed by atoms with E-state index in [9.17, 15) is 19.8 Å². The van der Waals surface area contributed by atoms with Gasteiger partial charge in [0, 0.05) is 12.0 Å². The Hall–Kier alpha value is -1.50. The van der Waals surface area contributed by atoms with Crippen molar-refractivity contribution in [1.82, 2.24) is 0 Å². The third kappa shape index (κ3) is 2.58. The molecular formula is C28H38O6. The van der Waals surface area contributed by atoms with Crippen molar-refractivity contribution < 1.29 is 29.3 Å². The Labute approximate surface area is 201 Å². The van der Waals surface area contributed by atoms with Crippen molar-refractivity contribution in [2.45, 2.75) is 103 Å². The van der Waals surface area contributed by atoms with E-state index in [0.29, 0.717) is 24.3 Å². The molecule has 186 valence electrons. The summed E-state index contributed by atoms with van der Waals surface area (Å²) in [5, 5.41) is 23.6. The minimum Gasteiger partial charge on any atom is -0.456 e. The predicted molar refractivity (Wildman–Crippen MR) is 125 cm³/mol. The number of carbonyl (C=O) groups is 2. The number of aliphatic hydroxyl groups is 2. The molecule has 4 fully saturated rings. The molecule has 1 saturated heterocycles. The second kappa shape index (κ2) is 6.83. The molecule has 0 aromatic heterocycles. The zero-order valence-corrected chi connectivity index (χ0v) is 21.0. The first-order chi connectivity index (χ1) is 15.9. The van der Waals surface area contributed by atoms with Gasteiger partial charge in [-0.05, 0) is 95.0 Å². The zero-order chi connectivity index (χ0) is 24.4. The van der Waals surface area contributed by atoms with Gasteiger partial charge in [0.2, 0.25) is 0 Å². The lowest BCUT2D eigenvalue weighted by Crippen LogP contribution is -2.67. The van der Waals surface area contributed by atoms with Crippen molar-refractivity contribution in [2.24, 2.45) is 34.5 Å². The molecule has 1 unspecified atom stereocenters. The van der Waals surface area contributed by atoms with E-state index in [1.807, 2.05) is 26.8 Å². The highest BCUT2D eigenvalue weighted by atomic mass is 16.6. The maximum atomic E-state index is 13.3. The number of fused-ring (bicyclic) bond motifs is 8. The van der Waals surface area contributed by atoms with Gasteiger partial charge in [0.25, 0.3) is 0 Å². The van der Waals surface area contributed by atoms with Gasteiger partial charge in [-0.3, -0.25) is 4.79 Å². The molecule has 0 bridgehead atoms. The quantitative estimate of drug-likeness (QED) is 0.474. The number of ether oxygens (including phenoxy) is 2. The molecule has 11 atom stereocenters. The number of cyclic esters (lactones) is 1. The molecule has 2 heterocycles. The van der Waals surface area contributed by atoms with Crippen LogP contribution in [0, 0.1) is 34.5 Å². The van der Waals surface area contributed by atoms with Crippen LogP contribution in [0.15, 0.2) is 23.3 Å². The lowest BCUT2D eigenvalue weighted by Gasteiger charge is -2.60. The SMILES string of the molecule is CC1=C(C)C(=O)O[C@@H](C(C)(O)[C@H]2CC[C@H]3[C@@H]4[C@@H]5O[C@@H]5[C@@]5(O)CC=CC(=O)[C@]5(C)[C@H]4CC[C@]23C)C1. The smallest absolute Gasteiger partial charge is 0.334 e. The first-order valence-corrected chi connectivity index (χ1v) is 13.1. The van der Waals surface area contributed by atoms with Crippen LogP contribution < -0.4 is 0 Å². The van der Waals surface area contributed by atoms with Crippen LogP contribution in [0.25, 0.3) is 0 Å². The van der Waals surface area contributed by atoms with E-state index in [4.69, 9.17) is 9.47 Å². The normalized spacial score (nSPS) is 53.3. The summed E-state index contributed by atoms with van der Waals surface area (Å²) < 4.78 is 12.0. The van der Waals surface area contributed by atoms with Gasteiger partial charge in [-0.2, -0.15) is 0 Å². The fraction of sp³-hybridized carbons (Fsp3) is 0.786. The number of carbonyl (C=O) groups excluding carboxylic acids is 2. The number of hydrogen-bond donors (Lipinski definition) is 2. The maximum absolute atomic E-state index is 13.3. The van der Waals surface area contributed by atoms with Crippen molar-refractivity contribution in [3.63, 3.8) is 0 Å². The number of epoxide rings is 1. The second-order valence-corrected chi connectivity index (χ2v) is 12.8. The molecule has 6 nitrogen and oxygen atoms in total. The van der Waals surface area contributed by atoms with E-state index in [0.717, 1.165) is 31.3 Å². The van der Waals surface area contributed by atoms with E-state index in [1.165, 1.54) is 0 Å². The number of esters is 1. The topological polar surface area (TPSA) is 96.4 Å². The average Bonchev–Trinajstić information content (AvgIpc) is 3.49. The van der Waals surface area contributed by atoms with Crippen LogP contribution in [-0.4, -0.2) is 51.5 Å². The minimum atomic E-state index is -1.14. The Morgan fingerprint density at radius 1 is 1.12 bits per heavy atom. The molecule has 0 aromatic carbocycles. The Bertz CT molecular complexity index is 1030. The van der Waals surface area contributed by atoms with Gasteiger partial charge in [0.15, 0.2) is 5.78 Å². The zero-order valence-electron chi connectivity index (χ0n) is 21.0. The van der Waals surface area contributed by atoms with Crippen LogP contribution in [0.1, 0.15) is 73.1 Å². The van der Waals surface area contributed by atoms with E-state index in [1.54, 1.807) is 13.0 Å². The molecule has 6 aliphatic rings. The molecule has 0 spiro atoms. The van der Waals surface area contributed by atoms with E-state index in [-0.39, 0.29) is 47.1 Å². The lowest BCUT2D eigenvalue weighted by molar-refractivity contribution is -0.195. The molecule has 34 heavy (non-hydrogen) atoms. The fourth-order valence-corrected chi connectivity index (χ4v) is 9.36. The molecule has 4 aliphatic carbocycles. The van der Waals surface area contributed by atoms with E-state index < -0.39 is 22.7 Å². The number of allylic oxidation sites excluding steroid dienone is 1. The molecule has 6 heteroatoms. The average molecular weight is 471 g/mol. The molecule has 2 aliphatic heterocycles. The summed E-state index contributed by atoms with van der Waals surface area (Å²) in [6.07, 6.45) is 7.18. The minimum absolute atomic E-state index is 0.0114. The Morgan fingerprint density at radius 2 is 1.85 bits per heavy atom.